The van der Waals surface area contributed by atoms with Gasteiger partial charge in [-0.2, -0.15) is 0 Å². The minimum absolute atomic E-state index is 0.00776. The highest BCUT2D eigenvalue weighted by Crippen LogP contribution is 2.25. The van der Waals surface area contributed by atoms with Crippen LogP contribution in [-0.4, -0.2) is 36.6 Å². The second-order valence-corrected chi connectivity index (χ2v) is 4.71. The third-order valence-electron chi connectivity index (χ3n) is 2.14. The van der Waals surface area contributed by atoms with Crippen molar-refractivity contribution in [2.24, 2.45) is 5.73 Å². The molecule has 0 radical (unpaired) electrons. The molecular formula is C11H15N3O2S. The monoisotopic (exact) mass is 253 g/mol. The number of nitrogen functional groups attached to an aromatic ring is 1. The van der Waals surface area contributed by atoms with Crippen molar-refractivity contribution in [3.8, 4) is 0 Å². The van der Waals surface area contributed by atoms with E-state index in [-0.39, 0.29) is 5.91 Å². The van der Waals surface area contributed by atoms with E-state index in [1.54, 1.807) is 26.2 Å². The molecular weight excluding hydrogens is 238 g/mol. The maximum absolute atomic E-state index is 11.4. The zero-order valence-corrected chi connectivity index (χ0v) is 10.6. The van der Waals surface area contributed by atoms with Gasteiger partial charge in [0.1, 0.15) is 0 Å². The van der Waals surface area contributed by atoms with Crippen LogP contribution >= 0.6 is 11.8 Å². The first-order chi connectivity index (χ1) is 7.91. The Balaban J connectivity index is 2.73. The summed E-state index contributed by atoms with van der Waals surface area (Å²) in [5, 5.41) is 0. The molecule has 0 fully saturated rings. The summed E-state index contributed by atoms with van der Waals surface area (Å²) in [6, 6.07) is 4.81. The molecule has 0 unspecified atom stereocenters. The molecule has 1 aromatic carbocycles. The van der Waals surface area contributed by atoms with Crippen LogP contribution in [0.2, 0.25) is 0 Å². The Morgan fingerprint density at radius 2 is 2.00 bits per heavy atom. The third kappa shape index (κ3) is 3.67. The molecule has 0 saturated heterocycles. The zero-order valence-electron chi connectivity index (χ0n) is 9.77. The van der Waals surface area contributed by atoms with Crippen molar-refractivity contribution in [3.05, 3.63) is 23.8 Å². The molecule has 17 heavy (non-hydrogen) atoms. The molecule has 92 valence electrons. The quantitative estimate of drug-likeness (QED) is 0.605. The molecule has 0 bridgehead atoms. The van der Waals surface area contributed by atoms with E-state index in [2.05, 4.69) is 0 Å². The Labute approximate surface area is 104 Å². The highest BCUT2D eigenvalue weighted by Gasteiger charge is 2.08. The fourth-order valence-electron chi connectivity index (χ4n) is 1.10. The number of benzene rings is 1. The van der Waals surface area contributed by atoms with Gasteiger partial charge >= 0.3 is 0 Å². The number of hydrogen-bond acceptors (Lipinski definition) is 4. The van der Waals surface area contributed by atoms with Gasteiger partial charge in [-0.1, -0.05) is 0 Å². The summed E-state index contributed by atoms with van der Waals surface area (Å²) in [5.41, 5.74) is 11.7. The van der Waals surface area contributed by atoms with Crippen LogP contribution in [0.5, 0.6) is 0 Å². The summed E-state index contributed by atoms with van der Waals surface area (Å²) in [5.74, 6) is -0.196. The standard InChI is InChI=1S/C11H15N3O2S/c1-14(2)10(15)6-17-9-4-3-7(11(13)16)5-8(9)12/h3-5H,6,12H2,1-2H3,(H2,13,16). The van der Waals surface area contributed by atoms with Gasteiger partial charge < -0.3 is 16.4 Å². The maximum Gasteiger partial charge on any atom is 0.248 e. The topological polar surface area (TPSA) is 89.4 Å². The highest BCUT2D eigenvalue weighted by atomic mass is 32.2. The predicted molar refractivity (Wildman–Crippen MR) is 68.8 cm³/mol. The predicted octanol–water partition coefficient (Wildman–Crippen LogP) is 0.548. The van der Waals surface area contributed by atoms with E-state index < -0.39 is 5.91 Å². The van der Waals surface area contributed by atoms with Gasteiger partial charge in [-0.3, -0.25) is 9.59 Å². The van der Waals surface area contributed by atoms with Crippen LogP contribution in [0.25, 0.3) is 0 Å². The number of nitrogens with two attached hydrogens (primary N) is 2. The van der Waals surface area contributed by atoms with Crippen molar-refractivity contribution in [2.45, 2.75) is 4.90 Å². The Kier molecular flexibility index (Phi) is 4.39. The molecule has 0 aromatic heterocycles. The Morgan fingerprint density at radius 3 is 2.47 bits per heavy atom. The van der Waals surface area contributed by atoms with Crippen molar-refractivity contribution in [1.82, 2.24) is 4.90 Å². The van der Waals surface area contributed by atoms with E-state index in [1.807, 2.05) is 0 Å². The van der Waals surface area contributed by atoms with Crippen molar-refractivity contribution >= 4 is 29.3 Å². The van der Waals surface area contributed by atoms with E-state index in [0.29, 0.717) is 17.0 Å². The number of nitrogens with zero attached hydrogens (tertiary/aromatic N) is 1. The Morgan fingerprint density at radius 1 is 1.35 bits per heavy atom. The van der Waals surface area contributed by atoms with Gasteiger partial charge in [0.05, 0.1) is 5.75 Å². The van der Waals surface area contributed by atoms with Gasteiger partial charge in [0.15, 0.2) is 0 Å². The van der Waals surface area contributed by atoms with E-state index >= 15 is 0 Å². The molecule has 0 atom stereocenters. The van der Waals surface area contributed by atoms with Gasteiger partial charge in [0.2, 0.25) is 11.8 Å². The largest absolute Gasteiger partial charge is 0.398 e. The van der Waals surface area contributed by atoms with Crippen LogP contribution in [0.1, 0.15) is 10.4 Å². The molecule has 5 nitrogen and oxygen atoms in total. The average molecular weight is 253 g/mol. The molecule has 2 amide bonds. The van der Waals surface area contributed by atoms with Crippen LogP contribution in [0, 0.1) is 0 Å². The first-order valence-electron chi connectivity index (χ1n) is 4.94. The summed E-state index contributed by atoms with van der Waals surface area (Å²) < 4.78 is 0. The van der Waals surface area contributed by atoms with Crippen LogP contribution in [0.15, 0.2) is 23.1 Å². The van der Waals surface area contributed by atoms with Crippen molar-refractivity contribution < 1.29 is 9.59 Å². The fraction of sp³-hybridized carbons (Fsp3) is 0.273. The minimum atomic E-state index is -0.516. The lowest BCUT2D eigenvalue weighted by Crippen LogP contribution is -2.23. The number of anilines is 1. The van der Waals surface area contributed by atoms with Crippen LogP contribution < -0.4 is 11.5 Å². The summed E-state index contributed by atoms with van der Waals surface area (Å²) in [6.07, 6.45) is 0. The summed E-state index contributed by atoms with van der Waals surface area (Å²) >= 11 is 1.34. The third-order valence-corrected chi connectivity index (χ3v) is 3.22. The van der Waals surface area contributed by atoms with Crippen molar-refractivity contribution in [2.75, 3.05) is 25.6 Å². The Hall–Kier alpha value is -1.69. The first-order valence-corrected chi connectivity index (χ1v) is 5.92. The second-order valence-electron chi connectivity index (χ2n) is 3.69. The summed E-state index contributed by atoms with van der Waals surface area (Å²) in [6.45, 7) is 0. The number of primary amides is 1. The number of rotatable bonds is 4. The molecule has 4 N–H and O–H groups in total. The second kappa shape index (κ2) is 5.58. The normalized spacial score (nSPS) is 10.0. The molecule has 0 aliphatic rings. The SMILES string of the molecule is CN(C)C(=O)CSc1ccc(C(N)=O)cc1N. The summed E-state index contributed by atoms with van der Waals surface area (Å²) in [4.78, 5) is 24.6. The number of carbonyl (C=O) groups excluding carboxylic acids is 2. The van der Waals surface area contributed by atoms with E-state index in [1.165, 1.54) is 22.7 Å². The van der Waals surface area contributed by atoms with Crippen LogP contribution in [0.4, 0.5) is 5.69 Å². The van der Waals surface area contributed by atoms with E-state index in [4.69, 9.17) is 11.5 Å². The molecule has 0 aliphatic carbocycles. The van der Waals surface area contributed by atoms with Gasteiger partial charge in [-0.05, 0) is 18.2 Å². The highest BCUT2D eigenvalue weighted by molar-refractivity contribution is 8.00. The lowest BCUT2D eigenvalue weighted by molar-refractivity contribution is -0.125. The Bertz CT molecular complexity index is 446. The van der Waals surface area contributed by atoms with Gasteiger partial charge in [-0.15, -0.1) is 11.8 Å². The fourth-order valence-corrected chi connectivity index (χ4v) is 2.03. The smallest absolute Gasteiger partial charge is 0.248 e. The van der Waals surface area contributed by atoms with Crippen LogP contribution in [0.3, 0.4) is 0 Å². The molecule has 0 saturated carbocycles. The van der Waals surface area contributed by atoms with Gasteiger partial charge in [-0.25, -0.2) is 0 Å². The maximum atomic E-state index is 11.4. The number of thioether (sulfide) groups is 1. The minimum Gasteiger partial charge on any atom is -0.398 e. The van der Waals surface area contributed by atoms with Gasteiger partial charge in [0.25, 0.3) is 0 Å². The number of amides is 2. The van der Waals surface area contributed by atoms with Gasteiger partial charge in [0, 0.05) is 30.2 Å². The number of carbonyl (C=O) groups is 2. The molecule has 1 aromatic rings. The lowest BCUT2D eigenvalue weighted by Gasteiger charge is -2.10. The molecule has 1 rings (SSSR count). The first kappa shape index (κ1) is 13.4. The zero-order chi connectivity index (χ0) is 13.0. The molecule has 0 spiro atoms. The summed E-state index contributed by atoms with van der Waals surface area (Å²) in [7, 11) is 3.39. The average Bonchev–Trinajstić information content (AvgIpc) is 2.26. The van der Waals surface area contributed by atoms with Crippen molar-refractivity contribution in [3.63, 3.8) is 0 Å². The van der Waals surface area contributed by atoms with Crippen LogP contribution in [-0.2, 0) is 4.79 Å². The molecule has 0 heterocycles. The lowest BCUT2D eigenvalue weighted by atomic mass is 10.2. The van der Waals surface area contributed by atoms with E-state index in [9.17, 15) is 9.59 Å². The van der Waals surface area contributed by atoms with Crippen molar-refractivity contribution in [1.29, 1.82) is 0 Å². The molecule has 0 aliphatic heterocycles. The number of hydrogen-bond donors (Lipinski definition) is 2. The molecule has 6 heteroatoms. The van der Waals surface area contributed by atoms with E-state index in [0.717, 1.165) is 4.90 Å².